The van der Waals surface area contributed by atoms with Crippen molar-refractivity contribution in [3.63, 3.8) is 0 Å². The van der Waals surface area contributed by atoms with E-state index < -0.39 is 0 Å². The van der Waals surface area contributed by atoms with Crippen molar-refractivity contribution in [2.24, 2.45) is 5.92 Å². The van der Waals surface area contributed by atoms with Gasteiger partial charge in [0.05, 0.1) is 0 Å². The molecular weight excluding hydrogens is 234 g/mol. The molecule has 0 spiro atoms. The van der Waals surface area contributed by atoms with E-state index in [1.807, 2.05) is 4.90 Å². The maximum absolute atomic E-state index is 12.5. The molecule has 0 heterocycles. The van der Waals surface area contributed by atoms with E-state index in [9.17, 15) is 4.79 Å². The van der Waals surface area contributed by atoms with Gasteiger partial charge in [0, 0.05) is 19.0 Å². The molecule has 0 aromatic rings. The van der Waals surface area contributed by atoms with Crippen molar-refractivity contribution in [2.75, 3.05) is 13.1 Å². The Bertz CT molecular complexity index is 223. The molecule has 0 radical (unpaired) electrons. The maximum Gasteiger partial charge on any atom is 0.225 e. The van der Waals surface area contributed by atoms with Gasteiger partial charge in [-0.3, -0.25) is 4.79 Å². The van der Waals surface area contributed by atoms with Gasteiger partial charge in [0.1, 0.15) is 0 Å². The monoisotopic (exact) mass is 267 g/mol. The van der Waals surface area contributed by atoms with Gasteiger partial charge in [-0.1, -0.05) is 57.8 Å². The molecule has 0 N–H and O–H groups in total. The SMILES string of the molecule is CCN(CC)C(=O)C1CCCCCCCCCCC1. The lowest BCUT2D eigenvalue weighted by Crippen LogP contribution is -2.36. The summed E-state index contributed by atoms with van der Waals surface area (Å²) in [7, 11) is 0. The zero-order chi connectivity index (χ0) is 13.9. The Kier molecular flexibility index (Phi) is 8.94. The molecular formula is C17H33NO. The van der Waals surface area contributed by atoms with Crippen LogP contribution in [-0.4, -0.2) is 23.9 Å². The first kappa shape index (κ1) is 16.5. The smallest absolute Gasteiger partial charge is 0.225 e. The summed E-state index contributed by atoms with van der Waals surface area (Å²) >= 11 is 0. The van der Waals surface area contributed by atoms with Crippen LogP contribution in [0.1, 0.15) is 84.5 Å². The molecule has 1 fully saturated rings. The lowest BCUT2D eigenvalue weighted by Gasteiger charge is -2.25. The average molecular weight is 267 g/mol. The topological polar surface area (TPSA) is 20.3 Å². The molecule has 0 aromatic carbocycles. The van der Waals surface area contributed by atoms with Crippen molar-refractivity contribution < 1.29 is 4.79 Å². The van der Waals surface area contributed by atoms with E-state index in [0.29, 0.717) is 11.8 Å². The van der Waals surface area contributed by atoms with Gasteiger partial charge >= 0.3 is 0 Å². The van der Waals surface area contributed by atoms with Gasteiger partial charge in [-0.25, -0.2) is 0 Å². The minimum absolute atomic E-state index is 0.305. The predicted molar refractivity (Wildman–Crippen MR) is 82.2 cm³/mol. The summed E-state index contributed by atoms with van der Waals surface area (Å²) in [5.41, 5.74) is 0. The number of carbonyl (C=O) groups excluding carboxylic acids is 1. The van der Waals surface area contributed by atoms with E-state index in [1.165, 1.54) is 57.8 Å². The molecule has 112 valence electrons. The summed E-state index contributed by atoms with van der Waals surface area (Å²) in [6.07, 6.45) is 14.3. The quantitative estimate of drug-likeness (QED) is 0.721. The lowest BCUT2D eigenvalue weighted by molar-refractivity contribution is -0.135. The van der Waals surface area contributed by atoms with E-state index in [0.717, 1.165) is 25.9 Å². The van der Waals surface area contributed by atoms with Crippen LogP contribution in [-0.2, 0) is 4.79 Å². The molecule has 0 aliphatic heterocycles. The van der Waals surface area contributed by atoms with Crippen molar-refractivity contribution in [2.45, 2.75) is 84.5 Å². The highest BCUT2D eigenvalue weighted by Gasteiger charge is 2.21. The molecule has 0 bridgehead atoms. The highest BCUT2D eigenvalue weighted by molar-refractivity contribution is 5.78. The fourth-order valence-electron chi connectivity index (χ4n) is 3.20. The van der Waals surface area contributed by atoms with Crippen LogP contribution in [0, 0.1) is 5.92 Å². The summed E-state index contributed by atoms with van der Waals surface area (Å²) in [4.78, 5) is 14.5. The van der Waals surface area contributed by atoms with Crippen molar-refractivity contribution >= 4 is 5.91 Å². The van der Waals surface area contributed by atoms with Crippen LogP contribution in [0.4, 0.5) is 0 Å². The van der Waals surface area contributed by atoms with Crippen LogP contribution in [0.2, 0.25) is 0 Å². The molecule has 2 nitrogen and oxygen atoms in total. The van der Waals surface area contributed by atoms with Crippen molar-refractivity contribution in [3.05, 3.63) is 0 Å². The van der Waals surface area contributed by atoms with E-state index in [1.54, 1.807) is 0 Å². The molecule has 1 aliphatic carbocycles. The van der Waals surface area contributed by atoms with Gasteiger partial charge in [-0.05, 0) is 26.7 Å². The van der Waals surface area contributed by atoms with Crippen LogP contribution in [0.25, 0.3) is 0 Å². The van der Waals surface area contributed by atoms with Gasteiger partial charge in [0.25, 0.3) is 0 Å². The van der Waals surface area contributed by atoms with E-state index in [4.69, 9.17) is 0 Å². The Morgan fingerprint density at radius 3 is 1.53 bits per heavy atom. The minimum Gasteiger partial charge on any atom is -0.343 e. The Hall–Kier alpha value is -0.530. The summed E-state index contributed by atoms with van der Waals surface area (Å²) in [6, 6.07) is 0. The molecule has 1 aliphatic rings. The van der Waals surface area contributed by atoms with Crippen molar-refractivity contribution in [1.82, 2.24) is 4.90 Å². The minimum atomic E-state index is 0.305. The zero-order valence-corrected chi connectivity index (χ0v) is 13.1. The predicted octanol–water partition coefficient (Wildman–Crippen LogP) is 4.78. The molecule has 2 heteroatoms. The van der Waals surface area contributed by atoms with Gasteiger partial charge in [-0.15, -0.1) is 0 Å². The van der Waals surface area contributed by atoms with Gasteiger partial charge in [-0.2, -0.15) is 0 Å². The van der Waals surface area contributed by atoms with E-state index >= 15 is 0 Å². The number of nitrogens with zero attached hydrogens (tertiary/aromatic N) is 1. The fraction of sp³-hybridized carbons (Fsp3) is 0.941. The lowest BCUT2D eigenvalue weighted by atomic mass is 9.92. The Balaban J connectivity index is 2.48. The third-order valence-corrected chi connectivity index (χ3v) is 4.53. The molecule has 1 rings (SSSR count). The third kappa shape index (κ3) is 6.44. The number of hydrogen-bond donors (Lipinski definition) is 0. The molecule has 0 unspecified atom stereocenters. The first-order chi connectivity index (χ1) is 9.29. The number of amides is 1. The first-order valence-electron chi connectivity index (χ1n) is 8.58. The normalized spacial score (nSPS) is 20.3. The van der Waals surface area contributed by atoms with E-state index in [-0.39, 0.29) is 0 Å². The number of rotatable bonds is 3. The fourth-order valence-corrected chi connectivity index (χ4v) is 3.20. The van der Waals surface area contributed by atoms with Crippen LogP contribution in [0.3, 0.4) is 0 Å². The van der Waals surface area contributed by atoms with Crippen LogP contribution in [0.15, 0.2) is 0 Å². The highest BCUT2D eigenvalue weighted by Crippen LogP contribution is 2.22. The molecule has 19 heavy (non-hydrogen) atoms. The summed E-state index contributed by atoms with van der Waals surface area (Å²) in [5, 5.41) is 0. The zero-order valence-electron chi connectivity index (χ0n) is 13.1. The Morgan fingerprint density at radius 2 is 1.16 bits per heavy atom. The standard InChI is InChI=1S/C17H33NO/c1-3-18(4-2)17(19)16-14-12-10-8-6-5-7-9-11-13-15-16/h16H,3-15H2,1-2H3. The molecule has 1 saturated carbocycles. The van der Waals surface area contributed by atoms with Crippen LogP contribution >= 0.6 is 0 Å². The second-order valence-electron chi connectivity index (χ2n) is 5.97. The largest absolute Gasteiger partial charge is 0.343 e. The molecule has 0 saturated heterocycles. The van der Waals surface area contributed by atoms with Crippen LogP contribution in [0.5, 0.6) is 0 Å². The maximum atomic E-state index is 12.5. The third-order valence-electron chi connectivity index (χ3n) is 4.53. The second-order valence-corrected chi connectivity index (χ2v) is 5.97. The van der Waals surface area contributed by atoms with Crippen LogP contribution < -0.4 is 0 Å². The molecule has 0 atom stereocenters. The number of hydrogen-bond acceptors (Lipinski definition) is 1. The van der Waals surface area contributed by atoms with E-state index in [2.05, 4.69) is 13.8 Å². The van der Waals surface area contributed by atoms with Crippen molar-refractivity contribution in [1.29, 1.82) is 0 Å². The molecule has 0 aromatic heterocycles. The first-order valence-corrected chi connectivity index (χ1v) is 8.58. The van der Waals surface area contributed by atoms with Gasteiger partial charge < -0.3 is 4.90 Å². The summed E-state index contributed by atoms with van der Waals surface area (Å²) in [6.45, 7) is 5.92. The summed E-state index contributed by atoms with van der Waals surface area (Å²) in [5.74, 6) is 0.724. The van der Waals surface area contributed by atoms with Gasteiger partial charge in [0.2, 0.25) is 5.91 Å². The van der Waals surface area contributed by atoms with Gasteiger partial charge in [0.15, 0.2) is 0 Å². The second kappa shape index (κ2) is 10.3. The molecule has 1 amide bonds. The summed E-state index contributed by atoms with van der Waals surface area (Å²) < 4.78 is 0. The Labute approximate surface area is 119 Å². The highest BCUT2D eigenvalue weighted by atomic mass is 16.2. The number of carbonyl (C=O) groups is 1. The average Bonchev–Trinajstić information content (AvgIpc) is 2.40. The van der Waals surface area contributed by atoms with Crippen molar-refractivity contribution in [3.8, 4) is 0 Å². The Morgan fingerprint density at radius 1 is 0.789 bits per heavy atom.